The third-order valence-electron chi connectivity index (χ3n) is 7.52. The molecular formula is C24H30F3N3O2. The summed E-state index contributed by atoms with van der Waals surface area (Å²) in [6.07, 6.45) is -0.132. The van der Waals surface area contributed by atoms with Crippen LogP contribution in [0.2, 0.25) is 0 Å². The summed E-state index contributed by atoms with van der Waals surface area (Å²) < 4.78 is 45.3. The van der Waals surface area contributed by atoms with E-state index >= 15 is 0 Å². The zero-order valence-electron chi connectivity index (χ0n) is 18.2. The maximum absolute atomic E-state index is 13.4. The van der Waals surface area contributed by atoms with E-state index in [1.807, 2.05) is 17.0 Å². The van der Waals surface area contributed by atoms with Gasteiger partial charge in [-0.25, -0.2) is 0 Å². The summed E-state index contributed by atoms with van der Waals surface area (Å²) in [5, 5.41) is 3.30. The van der Waals surface area contributed by atoms with Crippen LogP contribution in [0.25, 0.3) is 0 Å². The van der Waals surface area contributed by atoms with Crippen molar-refractivity contribution in [3.63, 3.8) is 0 Å². The molecule has 3 aliphatic heterocycles. The number of halogens is 3. The molecule has 1 aromatic rings. The molecule has 0 aromatic heterocycles. The molecule has 1 atom stereocenters. The minimum atomic E-state index is -4.22. The van der Waals surface area contributed by atoms with Crippen molar-refractivity contribution in [1.82, 2.24) is 4.90 Å². The topological polar surface area (TPSA) is 44.8 Å². The van der Waals surface area contributed by atoms with Gasteiger partial charge in [-0.1, -0.05) is 6.58 Å². The summed E-state index contributed by atoms with van der Waals surface area (Å²) in [5.41, 5.74) is 2.98. The minimum Gasteiger partial charge on any atom is -0.380 e. The smallest absolute Gasteiger partial charge is 0.380 e. The van der Waals surface area contributed by atoms with Gasteiger partial charge in [-0.05, 0) is 56.2 Å². The Morgan fingerprint density at radius 1 is 1.12 bits per heavy atom. The van der Waals surface area contributed by atoms with E-state index in [2.05, 4.69) is 11.9 Å². The molecule has 5 rings (SSSR count). The van der Waals surface area contributed by atoms with E-state index < -0.39 is 12.1 Å². The number of hydrogen-bond acceptors (Lipinski definition) is 4. The summed E-state index contributed by atoms with van der Waals surface area (Å²) >= 11 is 0. The number of nitrogens with one attached hydrogen (secondary N) is 1. The largest absolute Gasteiger partial charge is 0.393 e. The predicted octanol–water partition coefficient (Wildman–Crippen LogP) is 4.66. The number of nitrogens with zero attached hydrogens (tertiary/aromatic N) is 2. The molecule has 1 saturated carbocycles. The molecule has 1 amide bonds. The van der Waals surface area contributed by atoms with E-state index in [1.165, 1.54) is 0 Å². The highest BCUT2D eigenvalue weighted by molar-refractivity contribution is 6.00. The number of likely N-dealkylation sites (tertiary alicyclic amines) is 1. The molecule has 5 nitrogen and oxygen atoms in total. The van der Waals surface area contributed by atoms with Gasteiger partial charge < -0.3 is 19.9 Å². The van der Waals surface area contributed by atoms with Crippen molar-refractivity contribution >= 4 is 17.3 Å². The van der Waals surface area contributed by atoms with Gasteiger partial charge in [0.2, 0.25) is 0 Å². The summed E-state index contributed by atoms with van der Waals surface area (Å²) in [7, 11) is 0. The van der Waals surface area contributed by atoms with Crippen LogP contribution in [0, 0.1) is 17.3 Å². The Hall–Kier alpha value is -2.22. The first-order valence-electron chi connectivity index (χ1n) is 11.5. The van der Waals surface area contributed by atoms with Crippen LogP contribution in [0.15, 0.2) is 30.5 Å². The third kappa shape index (κ3) is 4.21. The highest BCUT2D eigenvalue weighted by atomic mass is 19.4. The molecule has 1 aliphatic carbocycles. The SMILES string of the molecule is C=C(Nc1ccc(C(=O)N2CCC3(CC2)COC3)c(N2CCC(C(F)(F)F)C2)c1)C1CC1. The van der Waals surface area contributed by atoms with Crippen molar-refractivity contribution in [2.45, 2.75) is 38.3 Å². The average molecular weight is 450 g/mol. The standard InChI is InChI=1S/C24H30F3N3O2/c1-16(17-2-3-17)28-19-4-5-20(21(12-19)30-9-6-18(13-30)24(25,26)27)22(31)29-10-7-23(8-11-29)14-32-15-23/h4-5,12,17-18,28H,1-3,6-11,13-15H2. The first-order valence-corrected chi connectivity index (χ1v) is 11.5. The summed E-state index contributed by atoms with van der Waals surface area (Å²) in [5.74, 6) is -1.01. The molecule has 0 bridgehead atoms. The molecular weight excluding hydrogens is 419 g/mol. The van der Waals surface area contributed by atoms with E-state index in [1.54, 1.807) is 11.0 Å². The molecule has 32 heavy (non-hydrogen) atoms. The Balaban J connectivity index is 1.38. The maximum Gasteiger partial charge on any atom is 0.393 e. The maximum atomic E-state index is 13.4. The van der Waals surface area contributed by atoms with Gasteiger partial charge in [0.1, 0.15) is 0 Å². The molecule has 1 aromatic carbocycles. The zero-order valence-corrected chi connectivity index (χ0v) is 18.2. The number of allylic oxidation sites excluding steroid dienone is 1. The van der Waals surface area contributed by atoms with Crippen LogP contribution in [0.4, 0.5) is 24.5 Å². The van der Waals surface area contributed by atoms with E-state index in [4.69, 9.17) is 4.74 Å². The lowest BCUT2D eigenvalue weighted by molar-refractivity contribution is -0.168. The van der Waals surface area contributed by atoms with Crippen molar-refractivity contribution in [1.29, 1.82) is 0 Å². The van der Waals surface area contributed by atoms with Gasteiger partial charge in [0.15, 0.2) is 0 Å². The van der Waals surface area contributed by atoms with Gasteiger partial charge in [0.05, 0.1) is 30.4 Å². The molecule has 8 heteroatoms. The number of piperidine rings is 1. The molecule has 1 unspecified atom stereocenters. The van der Waals surface area contributed by atoms with Crippen molar-refractivity contribution in [2.24, 2.45) is 17.3 Å². The Morgan fingerprint density at radius 2 is 1.84 bits per heavy atom. The Bertz CT molecular complexity index is 898. The van der Waals surface area contributed by atoms with Crippen LogP contribution >= 0.6 is 0 Å². The lowest BCUT2D eigenvalue weighted by Gasteiger charge is -2.47. The summed E-state index contributed by atoms with van der Waals surface area (Å²) in [6.45, 7) is 7.10. The predicted molar refractivity (Wildman–Crippen MR) is 117 cm³/mol. The molecule has 1 N–H and O–H groups in total. The van der Waals surface area contributed by atoms with E-state index in [0.29, 0.717) is 30.3 Å². The molecule has 4 aliphatic rings. The van der Waals surface area contributed by atoms with Gasteiger partial charge in [-0.15, -0.1) is 0 Å². The second-order valence-electron chi connectivity index (χ2n) is 9.91. The van der Waals surface area contributed by atoms with Crippen LogP contribution in [0.3, 0.4) is 0 Å². The lowest BCUT2D eigenvalue weighted by Crippen LogP contribution is -2.52. The number of benzene rings is 1. The number of anilines is 2. The minimum absolute atomic E-state index is 0.0514. The van der Waals surface area contributed by atoms with Crippen molar-refractivity contribution in [3.8, 4) is 0 Å². The van der Waals surface area contributed by atoms with Crippen LogP contribution in [0.1, 0.15) is 42.5 Å². The number of amides is 1. The van der Waals surface area contributed by atoms with Gasteiger partial charge >= 0.3 is 6.18 Å². The van der Waals surface area contributed by atoms with Crippen molar-refractivity contribution in [2.75, 3.05) is 49.6 Å². The number of carbonyl (C=O) groups excluding carboxylic acids is 1. The number of carbonyl (C=O) groups is 1. The molecule has 1 spiro atoms. The second kappa shape index (κ2) is 7.97. The molecule has 174 valence electrons. The first kappa shape index (κ1) is 21.6. The normalized spacial score (nSPS) is 25.0. The third-order valence-corrected chi connectivity index (χ3v) is 7.52. The van der Waals surface area contributed by atoms with Gasteiger partial charge in [0, 0.05) is 43.0 Å². The number of alkyl halides is 3. The summed E-state index contributed by atoms with van der Waals surface area (Å²) in [4.78, 5) is 17.0. The fourth-order valence-corrected chi connectivity index (χ4v) is 5.05. The van der Waals surface area contributed by atoms with E-state index in [9.17, 15) is 18.0 Å². The quantitative estimate of drug-likeness (QED) is 0.710. The van der Waals surface area contributed by atoms with Crippen LogP contribution < -0.4 is 10.2 Å². The van der Waals surface area contributed by atoms with Crippen LogP contribution in [-0.2, 0) is 4.74 Å². The molecule has 3 heterocycles. The Morgan fingerprint density at radius 3 is 2.41 bits per heavy atom. The van der Waals surface area contributed by atoms with Crippen LogP contribution in [0.5, 0.6) is 0 Å². The lowest BCUT2D eigenvalue weighted by atomic mass is 9.77. The number of ether oxygens (including phenoxy) is 1. The van der Waals surface area contributed by atoms with Gasteiger partial charge in [-0.3, -0.25) is 4.79 Å². The second-order valence-corrected chi connectivity index (χ2v) is 9.91. The highest BCUT2D eigenvalue weighted by Gasteiger charge is 2.45. The van der Waals surface area contributed by atoms with Gasteiger partial charge in [-0.2, -0.15) is 13.2 Å². The number of hydrogen-bond donors (Lipinski definition) is 1. The highest BCUT2D eigenvalue weighted by Crippen LogP contribution is 2.41. The Labute approximate surface area is 186 Å². The fraction of sp³-hybridized carbons (Fsp3) is 0.625. The molecule has 0 radical (unpaired) electrons. The van der Waals surface area contributed by atoms with E-state index in [0.717, 1.165) is 50.3 Å². The van der Waals surface area contributed by atoms with Gasteiger partial charge in [0.25, 0.3) is 5.91 Å². The zero-order chi connectivity index (χ0) is 22.5. The summed E-state index contributed by atoms with van der Waals surface area (Å²) in [6, 6.07) is 5.43. The first-order chi connectivity index (χ1) is 15.2. The van der Waals surface area contributed by atoms with Crippen LogP contribution in [-0.4, -0.2) is 56.4 Å². The average Bonchev–Trinajstić information content (AvgIpc) is 3.47. The van der Waals surface area contributed by atoms with Crippen molar-refractivity contribution < 1.29 is 22.7 Å². The molecule has 3 saturated heterocycles. The van der Waals surface area contributed by atoms with E-state index in [-0.39, 0.29) is 30.8 Å². The monoisotopic (exact) mass is 449 g/mol. The van der Waals surface area contributed by atoms with Crippen molar-refractivity contribution in [3.05, 3.63) is 36.0 Å². The number of rotatable bonds is 5. The molecule has 4 fully saturated rings. The fourth-order valence-electron chi connectivity index (χ4n) is 5.05. The Kier molecular flexibility index (Phi) is 5.39.